The van der Waals surface area contributed by atoms with Gasteiger partial charge in [-0.2, -0.15) is 0 Å². The summed E-state index contributed by atoms with van der Waals surface area (Å²) < 4.78 is 11.3. The molecule has 0 spiro atoms. The van der Waals surface area contributed by atoms with Crippen molar-refractivity contribution in [3.05, 3.63) is 78.0 Å². The van der Waals surface area contributed by atoms with Crippen LogP contribution >= 0.6 is 0 Å². The van der Waals surface area contributed by atoms with Gasteiger partial charge in [-0.25, -0.2) is 0 Å². The highest BCUT2D eigenvalue weighted by Gasteiger charge is 2.48. The fourth-order valence-corrected chi connectivity index (χ4v) is 4.60. The third kappa shape index (κ3) is 5.15. The highest BCUT2D eigenvalue weighted by Crippen LogP contribution is 2.41. The van der Waals surface area contributed by atoms with Crippen molar-refractivity contribution in [1.82, 2.24) is 15.1 Å². The zero-order valence-corrected chi connectivity index (χ0v) is 19.4. The fraction of sp³-hybridized carbons (Fsp3) is 0.423. The van der Waals surface area contributed by atoms with E-state index in [1.54, 1.807) is 7.11 Å². The van der Waals surface area contributed by atoms with Gasteiger partial charge in [0, 0.05) is 38.9 Å². The molecule has 0 aliphatic carbocycles. The Hall–Kier alpha value is -3.03. The first-order valence-corrected chi connectivity index (χ1v) is 11.6. The first-order valence-electron chi connectivity index (χ1n) is 11.6. The van der Waals surface area contributed by atoms with Crippen molar-refractivity contribution in [3.8, 4) is 0 Å². The molecule has 1 saturated heterocycles. The topological polar surface area (TPSA) is 71.7 Å². The second kappa shape index (κ2) is 10.7. The van der Waals surface area contributed by atoms with Gasteiger partial charge < -0.3 is 14.1 Å². The van der Waals surface area contributed by atoms with Crippen molar-refractivity contribution < 1.29 is 13.9 Å². The molecular weight excluding hydrogens is 416 g/mol. The van der Waals surface area contributed by atoms with Gasteiger partial charge in [-0.3, -0.25) is 9.69 Å². The Bertz CT molecular complexity index is 1010. The van der Waals surface area contributed by atoms with Crippen molar-refractivity contribution in [2.75, 3.05) is 31.6 Å². The molecule has 1 fully saturated rings. The summed E-state index contributed by atoms with van der Waals surface area (Å²) >= 11 is 0. The van der Waals surface area contributed by atoms with Gasteiger partial charge in [-0.15, -0.1) is 10.2 Å². The van der Waals surface area contributed by atoms with Crippen LogP contribution in [0.3, 0.4) is 0 Å². The minimum absolute atomic E-state index is 0.0467. The molecule has 0 N–H and O–H groups in total. The molecule has 1 amide bonds. The maximum absolute atomic E-state index is 13.3. The van der Waals surface area contributed by atoms with E-state index in [1.165, 1.54) is 5.56 Å². The lowest BCUT2D eigenvalue weighted by atomic mass is 9.84. The molecule has 7 nitrogen and oxygen atoms in total. The third-order valence-electron chi connectivity index (χ3n) is 6.37. The molecule has 2 aromatic carbocycles. The van der Waals surface area contributed by atoms with Gasteiger partial charge >= 0.3 is 0 Å². The Balaban J connectivity index is 1.62. The molecule has 0 unspecified atom stereocenters. The average molecular weight is 449 g/mol. The van der Waals surface area contributed by atoms with Crippen LogP contribution in [0.1, 0.15) is 43.5 Å². The molecule has 0 bridgehead atoms. The summed E-state index contributed by atoms with van der Waals surface area (Å²) in [5, 5.41) is 8.59. The first-order chi connectivity index (χ1) is 16.2. The van der Waals surface area contributed by atoms with E-state index in [0.29, 0.717) is 18.2 Å². The lowest BCUT2D eigenvalue weighted by molar-refractivity contribution is -0.120. The van der Waals surface area contributed by atoms with Gasteiger partial charge in [-0.1, -0.05) is 55.5 Å². The van der Waals surface area contributed by atoms with Crippen LogP contribution in [0.2, 0.25) is 0 Å². The smallest absolute Gasteiger partial charge is 0.242 e. The van der Waals surface area contributed by atoms with Crippen LogP contribution in [0.25, 0.3) is 0 Å². The number of rotatable bonds is 9. The summed E-state index contributed by atoms with van der Waals surface area (Å²) in [5.74, 6) is 0.962. The number of likely N-dealkylation sites (tertiary alicyclic amines) is 1. The Labute approximate surface area is 195 Å². The first kappa shape index (κ1) is 23.1. The Morgan fingerprint density at radius 1 is 1.06 bits per heavy atom. The van der Waals surface area contributed by atoms with E-state index in [0.717, 1.165) is 44.6 Å². The number of hydrogen-bond donors (Lipinski definition) is 0. The quantitative estimate of drug-likeness (QED) is 0.489. The molecule has 4 rings (SSSR count). The average Bonchev–Trinajstić information content (AvgIpc) is 3.34. The number of aromatic nitrogens is 2. The van der Waals surface area contributed by atoms with Crippen molar-refractivity contribution in [1.29, 1.82) is 0 Å². The predicted octanol–water partition coefficient (Wildman–Crippen LogP) is 4.19. The van der Waals surface area contributed by atoms with Crippen LogP contribution in [-0.4, -0.2) is 47.7 Å². The number of amides is 1. The number of hydrogen-bond acceptors (Lipinski definition) is 6. The number of ether oxygens (including phenoxy) is 1. The number of methoxy groups -OCH3 is 1. The molecule has 1 aromatic heterocycles. The van der Waals surface area contributed by atoms with Gasteiger partial charge in [0.15, 0.2) is 0 Å². The molecule has 0 atom stereocenters. The van der Waals surface area contributed by atoms with Gasteiger partial charge in [0.2, 0.25) is 17.7 Å². The number of para-hydroxylation sites is 1. The molecular formula is C26H32N4O3. The molecule has 3 aromatic rings. The maximum atomic E-state index is 13.3. The highest BCUT2D eigenvalue weighted by atomic mass is 16.5. The molecule has 2 heterocycles. The van der Waals surface area contributed by atoms with E-state index >= 15 is 0 Å². The molecule has 0 radical (unpaired) electrons. The monoisotopic (exact) mass is 448 g/mol. The standard InChI is InChI=1S/C26H32N4O3/c1-3-24(31)30(22-12-8-5-9-13-22)26(25-28-27-23(33-25)20-32-2)15-18-29(19-16-26)17-14-21-10-6-4-7-11-21/h4-13H,3,14-20H2,1-2H3. The Morgan fingerprint density at radius 2 is 1.73 bits per heavy atom. The van der Waals surface area contributed by atoms with Crippen molar-refractivity contribution in [2.24, 2.45) is 0 Å². The molecule has 1 aliphatic heterocycles. The number of benzene rings is 2. The second-order valence-electron chi connectivity index (χ2n) is 8.46. The van der Waals surface area contributed by atoms with E-state index in [2.05, 4.69) is 39.4 Å². The number of piperidine rings is 1. The number of carbonyl (C=O) groups is 1. The minimum Gasteiger partial charge on any atom is -0.420 e. The highest BCUT2D eigenvalue weighted by molar-refractivity contribution is 5.94. The number of nitrogens with zero attached hydrogens (tertiary/aromatic N) is 4. The van der Waals surface area contributed by atoms with Gasteiger partial charge in [-0.05, 0) is 37.0 Å². The van der Waals surface area contributed by atoms with Crippen molar-refractivity contribution >= 4 is 11.6 Å². The third-order valence-corrected chi connectivity index (χ3v) is 6.37. The van der Waals surface area contributed by atoms with Crippen LogP contribution in [-0.2, 0) is 28.1 Å². The van der Waals surface area contributed by atoms with E-state index in [-0.39, 0.29) is 12.5 Å². The summed E-state index contributed by atoms with van der Waals surface area (Å²) in [6.45, 7) is 4.81. The molecule has 1 aliphatic rings. The van der Waals surface area contributed by atoms with Gasteiger partial charge in [0.1, 0.15) is 12.1 Å². The second-order valence-corrected chi connectivity index (χ2v) is 8.46. The Kier molecular flexibility index (Phi) is 7.52. The van der Waals surface area contributed by atoms with Gasteiger partial charge in [0.05, 0.1) is 0 Å². The number of carbonyl (C=O) groups excluding carboxylic acids is 1. The van der Waals surface area contributed by atoms with Gasteiger partial charge in [0.25, 0.3) is 0 Å². The van der Waals surface area contributed by atoms with E-state index in [1.807, 2.05) is 48.2 Å². The summed E-state index contributed by atoms with van der Waals surface area (Å²) in [6, 6.07) is 20.4. The van der Waals surface area contributed by atoms with E-state index < -0.39 is 5.54 Å². The molecule has 7 heteroatoms. The fourth-order valence-electron chi connectivity index (χ4n) is 4.60. The van der Waals surface area contributed by atoms with E-state index in [4.69, 9.17) is 9.15 Å². The predicted molar refractivity (Wildman–Crippen MR) is 127 cm³/mol. The summed E-state index contributed by atoms with van der Waals surface area (Å²) in [4.78, 5) is 17.7. The molecule has 33 heavy (non-hydrogen) atoms. The summed E-state index contributed by atoms with van der Waals surface area (Å²) in [5.41, 5.74) is 1.51. The summed E-state index contributed by atoms with van der Waals surface area (Å²) in [7, 11) is 1.60. The van der Waals surface area contributed by atoms with E-state index in [9.17, 15) is 4.79 Å². The normalized spacial score (nSPS) is 15.9. The van der Waals surface area contributed by atoms with Crippen molar-refractivity contribution in [2.45, 2.75) is 44.8 Å². The Morgan fingerprint density at radius 3 is 2.36 bits per heavy atom. The minimum atomic E-state index is -0.684. The molecule has 174 valence electrons. The zero-order valence-electron chi connectivity index (χ0n) is 19.4. The number of anilines is 1. The lowest BCUT2D eigenvalue weighted by Crippen LogP contribution is -2.56. The van der Waals surface area contributed by atoms with Crippen LogP contribution < -0.4 is 4.90 Å². The van der Waals surface area contributed by atoms with Crippen LogP contribution in [0, 0.1) is 0 Å². The zero-order chi connectivity index (χ0) is 23.1. The summed E-state index contributed by atoms with van der Waals surface area (Å²) in [6.07, 6.45) is 2.84. The largest absolute Gasteiger partial charge is 0.420 e. The lowest BCUT2D eigenvalue weighted by Gasteiger charge is -2.46. The maximum Gasteiger partial charge on any atom is 0.242 e. The van der Waals surface area contributed by atoms with Crippen LogP contribution in [0.4, 0.5) is 5.69 Å². The molecule has 0 saturated carbocycles. The van der Waals surface area contributed by atoms with Crippen LogP contribution in [0.15, 0.2) is 65.1 Å². The SMILES string of the molecule is CCC(=O)N(c1ccccc1)C1(c2nnc(COC)o2)CCN(CCc2ccccc2)CC1. The van der Waals surface area contributed by atoms with Crippen LogP contribution in [0.5, 0.6) is 0 Å². The van der Waals surface area contributed by atoms with Crippen molar-refractivity contribution in [3.63, 3.8) is 0 Å².